The molecule has 1 atom stereocenters. The molecule has 0 radical (unpaired) electrons. The number of carbonyl (C=O) groups excluding carboxylic acids is 1. The van der Waals surface area contributed by atoms with E-state index in [2.05, 4.69) is 0 Å². The maximum absolute atomic E-state index is 11.6. The molecule has 1 aliphatic rings. The van der Waals surface area contributed by atoms with Gasteiger partial charge < -0.3 is 5.73 Å². The van der Waals surface area contributed by atoms with Crippen LogP contribution >= 0.6 is 0 Å². The molecule has 2 rings (SSSR count). The molecule has 0 saturated heterocycles. The zero-order chi connectivity index (χ0) is 9.97. The zero-order valence-corrected chi connectivity index (χ0v) is 8.15. The van der Waals surface area contributed by atoms with Crippen molar-refractivity contribution in [1.29, 1.82) is 0 Å². The van der Waals surface area contributed by atoms with Gasteiger partial charge in [-0.25, -0.2) is 0 Å². The minimum absolute atomic E-state index is 0.244. The van der Waals surface area contributed by atoms with Crippen molar-refractivity contribution < 1.29 is 4.79 Å². The number of Topliss-reactive ketones (excluding diaryl/α,β-unsaturated/α-hetero) is 1. The molecule has 74 valence electrons. The summed E-state index contributed by atoms with van der Waals surface area (Å²) in [4.78, 5) is 11.6. The highest BCUT2D eigenvalue weighted by Gasteiger charge is 2.32. The Morgan fingerprint density at radius 1 is 1.36 bits per heavy atom. The minimum Gasteiger partial charge on any atom is -0.321 e. The minimum atomic E-state index is -0.301. The topological polar surface area (TPSA) is 43.1 Å². The van der Waals surface area contributed by atoms with Crippen molar-refractivity contribution in [3.05, 3.63) is 35.9 Å². The predicted molar refractivity (Wildman–Crippen MR) is 55.9 cm³/mol. The summed E-state index contributed by atoms with van der Waals surface area (Å²) in [5, 5.41) is 0. The second kappa shape index (κ2) is 3.93. The van der Waals surface area contributed by atoms with E-state index >= 15 is 0 Å². The molecule has 0 spiro atoms. The molecule has 2 heteroatoms. The van der Waals surface area contributed by atoms with Crippen molar-refractivity contribution >= 4 is 5.78 Å². The largest absolute Gasteiger partial charge is 0.321 e. The van der Waals surface area contributed by atoms with Crippen LogP contribution in [0.2, 0.25) is 0 Å². The molecule has 2 N–H and O–H groups in total. The molecule has 0 heterocycles. The second-order valence-electron chi connectivity index (χ2n) is 3.97. The van der Waals surface area contributed by atoms with E-state index in [9.17, 15) is 4.79 Å². The molecule has 1 aromatic carbocycles. The zero-order valence-electron chi connectivity index (χ0n) is 8.15. The van der Waals surface area contributed by atoms with Crippen LogP contribution in [0.3, 0.4) is 0 Å². The van der Waals surface area contributed by atoms with E-state index in [-0.39, 0.29) is 17.7 Å². The number of nitrogens with two attached hydrogens (primary N) is 1. The number of carbonyl (C=O) groups is 1. The SMILES string of the molecule is NC(Cc1ccccc1)C(=O)C1CC1. The molecule has 0 aromatic heterocycles. The van der Waals surface area contributed by atoms with Gasteiger partial charge in [-0.3, -0.25) is 4.79 Å². The third-order valence-corrected chi connectivity index (χ3v) is 2.64. The van der Waals surface area contributed by atoms with Crippen molar-refractivity contribution in [3.8, 4) is 0 Å². The highest BCUT2D eigenvalue weighted by Crippen LogP contribution is 2.30. The van der Waals surface area contributed by atoms with Gasteiger partial charge in [0.2, 0.25) is 0 Å². The van der Waals surface area contributed by atoms with Crippen LogP contribution in [0.5, 0.6) is 0 Å². The van der Waals surface area contributed by atoms with Gasteiger partial charge in [0, 0.05) is 5.92 Å². The molecule has 0 amide bonds. The fourth-order valence-electron chi connectivity index (χ4n) is 1.64. The Morgan fingerprint density at radius 2 is 2.00 bits per heavy atom. The summed E-state index contributed by atoms with van der Waals surface area (Å²) >= 11 is 0. The molecule has 1 saturated carbocycles. The van der Waals surface area contributed by atoms with Crippen LogP contribution in [-0.4, -0.2) is 11.8 Å². The van der Waals surface area contributed by atoms with Crippen molar-refractivity contribution in [1.82, 2.24) is 0 Å². The monoisotopic (exact) mass is 189 g/mol. The molecule has 1 unspecified atom stereocenters. The Hall–Kier alpha value is -1.15. The molecule has 1 aromatic rings. The number of hydrogen-bond acceptors (Lipinski definition) is 2. The summed E-state index contributed by atoms with van der Waals surface area (Å²) in [6, 6.07) is 9.65. The predicted octanol–water partition coefficient (Wildman–Crippen LogP) is 1.54. The standard InChI is InChI=1S/C12H15NO/c13-11(12(14)10-6-7-10)8-9-4-2-1-3-5-9/h1-5,10-11H,6-8,13H2. The highest BCUT2D eigenvalue weighted by molar-refractivity contribution is 5.88. The second-order valence-corrected chi connectivity index (χ2v) is 3.97. The summed E-state index contributed by atoms with van der Waals surface area (Å²) < 4.78 is 0. The van der Waals surface area contributed by atoms with Crippen molar-refractivity contribution in [3.63, 3.8) is 0 Å². The van der Waals surface area contributed by atoms with Gasteiger partial charge in [0.05, 0.1) is 6.04 Å². The lowest BCUT2D eigenvalue weighted by molar-refractivity contribution is -0.121. The van der Waals surface area contributed by atoms with Crippen molar-refractivity contribution in [2.75, 3.05) is 0 Å². The van der Waals surface area contributed by atoms with Crippen LogP contribution in [0, 0.1) is 5.92 Å². The first kappa shape index (κ1) is 9.41. The van der Waals surface area contributed by atoms with Gasteiger partial charge in [0.1, 0.15) is 0 Å². The van der Waals surface area contributed by atoms with Crippen LogP contribution in [0.25, 0.3) is 0 Å². The third-order valence-electron chi connectivity index (χ3n) is 2.64. The fourth-order valence-corrected chi connectivity index (χ4v) is 1.64. The summed E-state index contributed by atoms with van der Waals surface area (Å²) in [6.07, 6.45) is 2.76. The lowest BCUT2D eigenvalue weighted by atomic mass is 10.0. The van der Waals surface area contributed by atoms with E-state index in [0.29, 0.717) is 6.42 Å². The summed E-state index contributed by atoms with van der Waals surface area (Å²) in [6.45, 7) is 0. The van der Waals surface area contributed by atoms with Crippen molar-refractivity contribution in [2.24, 2.45) is 11.7 Å². The maximum Gasteiger partial charge on any atom is 0.152 e. The molecule has 14 heavy (non-hydrogen) atoms. The molecule has 0 bridgehead atoms. The van der Waals surface area contributed by atoms with Gasteiger partial charge in [-0.1, -0.05) is 30.3 Å². The first-order valence-electron chi connectivity index (χ1n) is 5.10. The molecule has 0 aliphatic heterocycles. The average Bonchev–Trinajstić information content (AvgIpc) is 3.01. The first-order valence-corrected chi connectivity index (χ1v) is 5.10. The fraction of sp³-hybridized carbons (Fsp3) is 0.417. The normalized spacial score (nSPS) is 17.8. The molecule has 2 nitrogen and oxygen atoms in total. The van der Waals surface area contributed by atoms with Gasteiger partial charge in [0.15, 0.2) is 5.78 Å². The number of benzene rings is 1. The summed E-state index contributed by atoms with van der Waals surface area (Å²) in [5.74, 6) is 0.516. The van der Waals surface area contributed by atoms with E-state index in [0.717, 1.165) is 18.4 Å². The average molecular weight is 189 g/mol. The smallest absolute Gasteiger partial charge is 0.152 e. The lowest BCUT2D eigenvalue weighted by Gasteiger charge is -2.09. The van der Waals surface area contributed by atoms with E-state index in [4.69, 9.17) is 5.73 Å². The van der Waals surface area contributed by atoms with E-state index in [1.54, 1.807) is 0 Å². The van der Waals surface area contributed by atoms with Crippen LogP contribution in [-0.2, 0) is 11.2 Å². The number of rotatable bonds is 4. The van der Waals surface area contributed by atoms with E-state index in [1.165, 1.54) is 0 Å². The highest BCUT2D eigenvalue weighted by atomic mass is 16.1. The quantitative estimate of drug-likeness (QED) is 0.780. The maximum atomic E-state index is 11.6. The molecule has 1 aliphatic carbocycles. The Bertz CT molecular complexity index is 316. The number of ketones is 1. The van der Waals surface area contributed by atoms with Gasteiger partial charge in [-0.2, -0.15) is 0 Å². The molecular weight excluding hydrogens is 174 g/mol. The van der Waals surface area contributed by atoms with Crippen LogP contribution < -0.4 is 5.73 Å². The lowest BCUT2D eigenvalue weighted by Crippen LogP contribution is -2.33. The van der Waals surface area contributed by atoms with Gasteiger partial charge in [0.25, 0.3) is 0 Å². The van der Waals surface area contributed by atoms with Crippen molar-refractivity contribution in [2.45, 2.75) is 25.3 Å². The van der Waals surface area contributed by atoms with Gasteiger partial charge in [-0.05, 0) is 24.8 Å². The Kier molecular flexibility index (Phi) is 2.64. The Balaban J connectivity index is 1.93. The summed E-state index contributed by atoms with van der Waals surface area (Å²) in [5.41, 5.74) is 6.99. The molecule has 1 fully saturated rings. The third kappa shape index (κ3) is 2.20. The number of hydrogen-bond donors (Lipinski definition) is 1. The van der Waals surface area contributed by atoms with Gasteiger partial charge in [-0.15, -0.1) is 0 Å². The Morgan fingerprint density at radius 3 is 2.57 bits per heavy atom. The van der Waals surface area contributed by atoms with E-state index < -0.39 is 0 Å². The van der Waals surface area contributed by atoms with Crippen LogP contribution in [0.4, 0.5) is 0 Å². The van der Waals surface area contributed by atoms with E-state index in [1.807, 2.05) is 30.3 Å². The Labute approximate surface area is 84.1 Å². The van der Waals surface area contributed by atoms with Gasteiger partial charge >= 0.3 is 0 Å². The van der Waals surface area contributed by atoms with Crippen LogP contribution in [0.15, 0.2) is 30.3 Å². The first-order chi connectivity index (χ1) is 6.77. The summed E-state index contributed by atoms with van der Waals surface area (Å²) in [7, 11) is 0. The van der Waals surface area contributed by atoms with Crippen LogP contribution in [0.1, 0.15) is 18.4 Å². The molecular formula is C12H15NO.